The summed E-state index contributed by atoms with van der Waals surface area (Å²) >= 11 is 0.382. The molecule has 1 saturated carbocycles. The van der Waals surface area contributed by atoms with Crippen LogP contribution in [0.15, 0.2) is 170 Å². The molecule has 1 aliphatic rings. The van der Waals surface area contributed by atoms with Crippen molar-refractivity contribution in [2.75, 3.05) is 0 Å². The third-order valence-corrected chi connectivity index (χ3v) is 15.1. The summed E-state index contributed by atoms with van der Waals surface area (Å²) in [7, 11) is 7.96. The third-order valence-electron chi connectivity index (χ3n) is 10.0. The first-order valence-electron chi connectivity index (χ1n) is 17.3. The first-order chi connectivity index (χ1) is 25.0. The molecule has 7 heteroatoms. The molecule has 0 radical (unpaired) electrons. The van der Waals surface area contributed by atoms with Crippen molar-refractivity contribution in [3.63, 3.8) is 0 Å². The quantitative estimate of drug-likeness (QED) is 0.137. The summed E-state index contributed by atoms with van der Waals surface area (Å²) in [4.78, 5) is 0. The van der Waals surface area contributed by atoms with E-state index in [2.05, 4.69) is 170 Å². The molecule has 0 amide bonds. The molecule has 0 spiro atoms. The zero-order chi connectivity index (χ0) is 35.5. The number of benzene rings is 6. The van der Waals surface area contributed by atoms with Crippen molar-refractivity contribution in [2.24, 2.45) is 11.5 Å². The Hall–Kier alpha value is -2.81. The van der Waals surface area contributed by atoms with Crippen molar-refractivity contribution in [2.45, 2.75) is 49.6 Å². The van der Waals surface area contributed by atoms with Crippen LogP contribution < -0.4 is 43.3 Å². The predicted molar refractivity (Wildman–Crippen MR) is 222 cm³/mol. The van der Waals surface area contributed by atoms with Crippen molar-refractivity contribution in [3.05, 3.63) is 181 Å². The second-order valence-electron chi connectivity index (χ2n) is 13.2. The normalized spacial score (nSPS) is 18.7. The van der Waals surface area contributed by atoms with Gasteiger partial charge in [-0.2, -0.15) is 0 Å². The van der Waals surface area contributed by atoms with Gasteiger partial charge in [-0.1, -0.05) is 183 Å². The van der Waals surface area contributed by atoms with E-state index in [1.165, 1.54) is 43.0 Å². The fourth-order valence-corrected chi connectivity index (χ4v) is 12.4. The van der Waals surface area contributed by atoms with Crippen LogP contribution in [-0.2, 0) is 25.7 Å². The summed E-state index contributed by atoms with van der Waals surface area (Å²) in [5.74, 6) is 0. The molecule has 6 aromatic carbocycles. The minimum absolute atomic E-state index is 0.382. The van der Waals surface area contributed by atoms with Gasteiger partial charge in [0.1, 0.15) is 0 Å². The van der Waals surface area contributed by atoms with Crippen LogP contribution in [0.4, 0.5) is 0 Å². The summed E-state index contributed by atoms with van der Waals surface area (Å²) in [6, 6.07) is 61.8. The number of hydrogen-bond acceptors (Lipinski definition) is 2. The fraction of sp³-hybridized carbons (Fsp3) is 0.182. The summed E-state index contributed by atoms with van der Waals surface area (Å²) in [6.07, 6.45) is 5.55. The molecule has 2 nitrogen and oxygen atoms in total. The predicted octanol–water partition coefficient (Wildman–Crippen LogP) is 8.33. The number of rotatable bonds is 10. The second-order valence-corrected chi connectivity index (χ2v) is 19.3. The van der Waals surface area contributed by atoms with Crippen LogP contribution in [0.3, 0.4) is 0 Å². The zero-order valence-electron chi connectivity index (χ0n) is 28.5. The SMILES string of the molecule is NC1(Cc2ccccc2P(c2ccccc2)c2ccccc2)CCCCC1(N)Cc1ccccc1P(c1ccccc1)c1ccccc1.[Cl][Co][Cl]. The molecule has 0 aliphatic heterocycles. The fourth-order valence-electron chi connectivity index (χ4n) is 7.51. The standard InChI is InChI=1S/C44H44N2P2.2ClH.Co/c45-43(33-35-19-13-15-29-41(35)47(37-21-5-1-6-22-37)38-23-7-2-8-24-38)31-17-18-32-44(43,46)34-36-20-14-16-30-42(36)48(39-25-9-3-10-26-39)40-27-11-4-12-28-40;;;/h1-16,19-30H,17-18,31-34,45-46H2;2*1H;/q;;;+2/p-2. The second kappa shape index (κ2) is 18.3. The van der Waals surface area contributed by atoms with Gasteiger partial charge in [0.2, 0.25) is 0 Å². The van der Waals surface area contributed by atoms with Crippen LogP contribution in [0.1, 0.15) is 36.8 Å². The van der Waals surface area contributed by atoms with Gasteiger partial charge in [-0.25, -0.2) is 0 Å². The Morgan fingerprint density at radius 2 is 0.686 bits per heavy atom. The van der Waals surface area contributed by atoms with Gasteiger partial charge >= 0.3 is 33.2 Å². The van der Waals surface area contributed by atoms with E-state index in [0.29, 0.717) is 12.9 Å². The van der Waals surface area contributed by atoms with Crippen molar-refractivity contribution < 1.29 is 12.9 Å². The molecule has 0 bridgehead atoms. The third kappa shape index (κ3) is 9.05. The molecule has 1 fully saturated rings. The first-order valence-corrected chi connectivity index (χ1v) is 22.9. The summed E-state index contributed by atoms with van der Waals surface area (Å²) in [6.45, 7) is 0. The van der Waals surface area contributed by atoms with Crippen LogP contribution in [0.2, 0.25) is 0 Å². The monoisotopic (exact) mass is 791 g/mol. The molecule has 51 heavy (non-hydrogen) atoms. The van der Waals surface area contributed by atoms with Crippen molar-refractivity contribution >= 4 is 68.0 Å². The van der Waals surface area contributed by atoms with Gasteiger partial charge < -0.3 is 11.5 Å². The molecule has 4 N–H and O–H groups in total. The first kappa shape index (κ1) is 37.9. The van der Waals surface area contributed by atoms with Gasteiger partial charge in [0.25, 0.3) is 0 Å². The summed E-state index contributed by atoms with van der Waals surface area (Å²) < 4.78 is 0. The summed E-state index contributed by atoms with van der Waals surface area (Å²) in [5, 5.41) is 8.15. The van der Waals surface area contributed by atoms with Gasteiger partial charge in [0, 0.05) is 11.1 Å². The maximum absolute atomic E-state index is 7.70. The molecule has 0 saturated heterocycles. The van der Waals surface area contributed by atoms with Crippen LogP contribution in [-0.4, -0.2) is 11.1 Å². The van der Waals surface area contributed by atoms with Crippen LogP contribution in [0.5, 0.6) is 0 Å². The van der Waals surface area contributed by atoms with E-state index in [4.69, 9.17) is 31.8 Å². The maximum atomic E-state index is 7.70. The molecule has 6 aromatic rings. The van der Waals surface area contributed by atoms with Crippen molar-refractivity contribution in [1.29, 1.82) is 0 Å². The Balaban J connectivity index is 0.00000144. The Morgan fingerprint density at radius 3 is 0.980 bits per heavy atom. The zero-order valence-corrected chi connectivity index (χ0v) is 32.9. The van der Waals surface area contributed by atoms with E-state index in [9.17, 15) is 0 Å². The average Bonchev–Trinajstić information content (AvgIpc) is 3.17. The van der Waals surface area contributed by atoms with Gasteiger partial charge in [-0.3, -0.25) is 0 Å². The average molecular weight is 793 g/mol. The topological polar surface area (TPSA) is 52.0 Å². The summed E-state index contributed by atoms with van der Waals surface area (Å²) in [5.41, 5.74) is 16.9. The molecule has 7 rings (SSSR count). The number of hydrogen-bond donors (Lipinski definition) is 2. The van der Waals surface area contributed by atoms with Crippen molar-refractivity contribution in [3.8, 4) is 0 Å². The van der Waals surface area contributed by atoms with E-state index < -0.39 is 26.9 Å². The van der Waals surface area contributed by atoms with E-state index >= 15 is 0 Å². The molecule has 263 valence electrons. The van der Waals surface area contributed by atoms with Crippen LogP contribution >= 0.6 is 36.1 Å². The molecular formula is C44H44Cl2CoN2P2. The minimum atomic E-state index is -0.754. The van der Waals surface area contributed by atoms with Crippen LogP contribution in [0, 0.1) is 0 Å². The van der Waals surface area contributed by atoms with Gasteiger partial charge in [-0.05, 0) is 84.5 Å². The Morgan fingerprint density at radius 1 is 0.431 bits per heavy atom. The molecular weight excluding hydrogens is 748 g/mol. The van der Waals surface area contributed by atoms with E-state index in [1.54, 1.807) is 0 Å². The molecule has 2 atom stereocenters. The number of nitrogens with two attached hydrogens (primary N) is 2. The van der Waals surface area contributed by atoms with E-state index in [-0.39, 0.29) is 0 Å². The van der Waals surface area contributed by atoms with Crippen molar-refractivity contribution in [1.82, 2.24) is 0 Å². The van der Waals surface area contributed by atoms with E-state index in [0.717, 1.165) is 38.5 Å². The molecule has 2 unspecified atom stereocenters. The van der Waals surface area contributed by atoms with Gasteiger partial charge in [-0.15, -0.1) is 0 Å². The Labute approximate surface area is 321 Å². The van der Waals surface area contributed by atoms with Gasteiger partial charge in [0.15, 0.2) is 0 Å². The molecule has 1 aliphatic carbocycles. The Bertz CT molecular complexity index is 1730. The Kier molecular flexibility index (Phi) is 13.6. The molecule has 0 heterocycles. The number of halogens is 2. The van der Waals surface area contributed by atoms with Crippen LogP contribution in [0.25, 0.3) is 0 Å². The van der Waals surface area contributed by atoms with E-state index in [1.807, 2.05) is 0 Å². The molecule has 0 aromatic heterocycles. The van der Waals surface area contributed by atoms with Gasteiger partial charge in [0.05, 0.1) is 0 Å².